The molecule has 19 heavy (non-hydrogen) atoms. The Bertz CT molecular complexity index is 513. The number of methoxy groups -OCH3 is 1. The molecule has 0 fully saturated rings. The van der Waals surface area contributed by atoms with E-state index in [0.717, 1.165) is 23.9 Å². The van der Waals surface area contributed by atoms with Crippen LogP contribution in [0, 0.1) is 0 Å². The Morgan fingerprint density at radius 1 is 1.26 bits per heavy atom. The van der Waals surface area contributed by atoms with Gasteiger partial charge in [-0.15, -0.1) is 0 Å². The van der Waals surface area contributed by atoms with Crippen LogP contribution < -0.4 is 14.8 Å². The van der Waals surface area contributed by atoms with E-state index in [2.05, 4.69) is 15.4 Å². The summed E-state index contributed by atoms with van der Waals surface area (Å²) in [5.74, 6) is 2.27. The van der Waals surface area contributed by atoms with Crippen molar-refractivity contribution in [2.24, 2.45) is 7.05 Å². The molecule has 1 N–H and O–H groups in total. The molecule has 0 atom stereocenters. The van der Waals surface area contributed by atoms with Crippen LogP contribution in [-0.2, 0) is 13.6 Å². The number of hydrogen-bond acceptors (Lipinski definition) is 5. The van der Waals surface area contributed by atoms with Crippen molar-refractivity contribution in [3.8, 4) is 11.5 Å². The summed E-state index contributed by atoms with van der Waals surface area (Å²) in [6, 6.07) is 7.60. The molecule has 0 aliphatic heterocycles. The van der Waals surface area contributed by atoms with Crippen molar-refractivity contribution in [2.45, 2.75) is 6.54 Å². The smallest absolute Gasteiger partial charge is 0.164 e. The minimum atomic E-state index is 0.563. The van der Waals surface area contributed by atoms with Crippen LogP contribution in [0.5, 0.6) is 11.5 Å². The SMILES string of the molecule is COc1ccccc1OCCNCc1ncn(C)n1. The fourth-order valence-corrected chi connectivity index (χ4v) is 1.64. The summed E-state index contributed by atoms with van der Waals surface area (Å²) in [5.41, 5.74) is 0. The van der Waals surface area contributed by atoms with Crippen molar-refractivity contribution in [2.75, 3.05) is 20.3 Å². The van der Waals surface area contributed by atoms with Gasteiger partial charge >= 0.3 is 0 Å². The molecular formula is C13H18N4O2. The number of hydrogen-bond donors (Lipinski definition) is 1. The third kappa shape index (κ3) is 3.96. The average molecular weight is 262 g/mol. The molecule has 2 rings (SSSR count). The molecule has 0 aliphatic carbocycles. The lowest BCUT2D eigenvalue weighted by Gasteiger charge is -2.10. The van der Waals surface area contributed by atoms with Crippen LogP contribution in [-0.4, -0.2) is 35.0 Å². The van der Waals surface area contributed by atoms with Gasteiger partial charge in [-0.05, 0) is 12.1 Å². The van der Waals surface area contributed by atoms with E-state index in [1.54, 1.807) is 18.1 Å². The molecule has 1 aromatic carbocycles. The van der Waals surface area contributed by atoms with E-state index < -0.39 is 0 Å². The molecule has 6 nitrogen and oxygen atoms in total. The Morgan fingerprint density at radius 2 is 2.05 bits per heavy atom. The number of benzene rings is 1. The van der Waals surface area contributed by atoms with E-state index in [0.29, 0.717) is 13.2 Å². The first-order valence-corrected chi connectivity index (χ1v) is 6.10. The zero-order valence-electron chi connectivity index (χ0n) is 11.2. The summed E-state index contributed by atoms with van der Waals surface area (Å²) >= 11 is 0. The molecule has 0 aliphatic rings. The average Bonchev–Trinajstić information content (AvgIpc) is 2.84. The maximum atomic E-state index is 5.64. The van der Waals surface area contributed by atoms with Crippen LogP contribution >= 0.6 is 0 Å². The highest BCUT2D eigenvalue weighted by Gasteiger charge is 2.02. The minimum Gasteiger partial charge on any atom is -0.493 e. The number of aryl methyl sites for hydroxylation is 1. The predicted molar refractivity (Wildman–Crippen MR) is 71.2 cm³/mol. The summed E-state index contributed by atoms with van der Waals surface area (Å²) in [4.78, 5) is 4.13. The largest absolute Gasteiger partial charge is 0.493 e. The van der Waals surface area contributed by atoms with Gasteiger partial charge in [-0.3, -0.25) is 4.68 Å². The molecule has 0 saturated heterocycles. The Labute approximate surface area is 112 Å². The van der Waals surface area contributed by atoms with Crippen molar-refractivity contribution in [3.05, 3.63) is 36.4 Å². The summed E-state index contributed by atoms with van der Waals surface area (Å²) in [6.45, 7) is 1.92. The monoisotopic (exact) mass is 262 g/mol. The van der Waals surface area contributed by atoms with Gasteiger partial charge in [-0.25, -0.2) is 4.98 Å². The third-order valence-corrected chi connectivity index (χ3v) is 2.54. The van der Waals surface area contributed by atoms with Gasteiger partial charge in [0, 0.05) is 13.6 Å². The van der Waals surface area contributed by atoms with E-state index in [-0.39, 0.29) is 0 Å². The molecule has 0 amide bonds. The zero-order chi connectivity index (χ0) is 13.5. The number of rotatable bonds is 7. The Hall–Kier alpha value is -2.08. The second kappa shape index (κ2) is 6.75. The topological polar surface area (TPSA) is 61.2 Å². The van der Waals surface area contributed by atoms with Crippen molar-refractivity contribution in [1.29, 1.82) is 0 Å². The van der Waals surface area contributed by atoms with E-state index >= 15 is 0 Å². The number of aromatic nitrogens is 3. The summed E-state index contributed by atoms with van der Waals surface area (Å²) < 4.78 is 12.5. The van der Waals surface area contributed by atoms with Gasteiger partial charge in [-0.2, -0.15) is 5.10 Å². The van der Waals surface area contributed by atoms with Crippen LogP contribution in [0.4, 0.5) is 0 Å². The molecular weight excluding hydrogens is 244 g/mol. The second-order valence-electron chi connectivity index (χ2n) is 4.01. The molecule has 0 saturated carbocycles. The van der Waals surface area contributed by atoms with Gasteiger partial charge in [0.2, 0.25) is 0 Å². The maximum Gasteiger partial charge on any atom is 0.164 e. The fourth-order valence-electron chi connectivity index (χ4n) is 1.64. The van der Waals surface area contributed by atoms with Gasteiger partial charge < -0.3 is 14.8 Å². The van der Waals surface area contributed by atoms with Crippen LogP contribution in [0.3, 0.4) is 0 Å². The highest BCUT2D eigenvalue weighted by Crippen LogP contribution is 2.25. The number of para-hydroxylation sites is 2. The van der Waals surface area contributed by atoms with Gasteiger partial charge in [0.05, 0.1) is 13.7 Å². The van der Waals surface area contributed by atoms with Crippen LogP contribution in [0.15, 0.2) is 30.6 Å². The first-order valence-electron chi connectivity index (χ1n) is 6.10. The summed E-state index contributed by atoms with van der Waals surface area (Å²) in [6.07, 6.45) is 1.68. The molecule has 0 spiro atoms. The Balaban J connectivity index is 1.69. The number of nitrogens with zero attached hydrogens (tertiary/aromatic N) is 3. The quantitative estimate of drug-likeness (QED) is 0.754. The highest BCUT2D eigenvalue weighted by molar-refractivity contribution is 5.39. The maximum absolute atomic E-state index is 5.64. The Kier molecular flexibility index (Phi) is 4.74. The fraction of sp³-hybridized carbons (Fsp3) is 0.385. The third-order valence-electron chi connectivity index (χ3n) is 2.54. The van der Waals surface area contributed by atoms with E-state index in [1.165, 1.54) is 0 Å². The molecule has 1 heterocycles. The molecule has 102 valence electrons. The summed E-state index contributed by atoms with van der Waals surface area (Å²) in [5, 5.41) is 7.39. The van der Waals surface area contributed by atoms with Gasteiger partial charge in [0.1, 0.15) is 12.9 Å². The molecule has 0 radical (unpaired) electrons. The van der Waals surface area contributed by atoms with Crippen molar-refractivity contribution in [1.82, 2.24) is 20.1 Å². The number of ether oxygens (including phenoxy) is 2. The van der Waals surface area contributed by atoms with Crippen LogP contribution in [0.1, 0.15) is 5.82 Å². The molecule has 0 bridgehead atoms. The van der Waals surface area contributed by atoms with Gasteiger partial charge in [-0.1, -0.05) is 12.1 Å². The van der Waals surface area contributed by atoms with E-state index in [1.807, 2.05) is 31.3 Å². The first-order chi connectivity index (χ1) is 9.29. The lowest BCUT2D eigenvalue weighted by Crippen LogP contribution is -2.21. The molecule has 0 unspecified atom stereocenters. The molecule has 1 aromatic heterocycles. The predicted octanol–water partition coefficient (Wildman–Crippen LogP) is 0.992. The molecule has 2 aromatic rings. The Morgan fingerprint density at radius 3 is 2.74 bits per heavy atom. The summed E-state index contributed by atoms with van der Waals surface area (Å²) in [7, 11) is 3.48. The van der Waals surface area contributed by atoms with Crippen LogP contribution in [0.2, 0.25) is 0 Å². The van der Waals surface area contributed by atoms with E-state index in [9.17, 15) is 0 Å². The van der Waals surface area contributed by atoms with E-state index in [4.69, 9.17) is 9.47 Å². The lowest BCUT2D eigenvalue weighted by molar-refractivity contribution is 0.291. The number of nitrogens with one attached hydrogen (secondary N) is 1. The minimum absolute atomic E-state index is 0.563. The first kappa shape index (κ1) is 13.4. The standard InChI is InChI=1S/C13H18N4O2/c1-17-10-15-13(16-17)9-14-7-8-19-12-6-4-3-5-11(12)18-2/h3-6,10,14H,7-9H2,1-2H3. The molecule has 6 heteroatoms. The van der Waals surface area contributed by atoms with Gasteiger partial charge in [0.15, 0.2) is 17.3 Å². The normalized spacial score (nSPS) is 10.4. The highest BCUT2D eigenvalue weighted by atomic mass is 16.5. The second-order valence-corrected chi connectivity index (χ2v) is 4.01. The van der Waals surface area contributed by atoms with Crippen molar-refractivity contribution < 1.29 is 9.47 Å². The lowest BCUT2D eigenvalue weighted by atomic mass is 10.3. The van der Waals surface area contributed by atoms with Crippen LogP contribution in [0.25, 0.3) is 0 Å². The van der Waals surface area contributed by atoms with Crippen molar-refractivity contribution in [3.63, 3.8) is 0 Å². The zero-order valence-corrected chi connectivity index (χ0v) is 11.2. The van der Waals surface area contributed by atoms with Crippen molar-refractivity contribution >= 4 is 0 Å². The van der Waals surface area contributed by atoms with Gasteiger partial charge in [0.25, 0.3) is 0 Å².